The SMILES string of the molecule is O=C(O)[C@H]1CCCN(C(=O)c2cnn(-c3ccc(Cl)cc3Cl)c2)C1. The van der Waals surface area contributed by atoms with E-state index in [4.69, 9.17) is 28.3 Å². The van der Waals surface area contributed by atoms with Crippen LogP contribution in [0.5, 0.6) is 0 Å². The molecule has 1 aliphatic rings. The number of carboxylic acid groups (broad SMARTS) is 1. The molecule has 2 heterocycles. The van der Waals surface area contributed by atoms with Gasteiger partial charge in [-0.25, -0.2) is 4.68 Å². The van der Waals surface area contributed by atoms with Gasteiger partial charge < -0.3 is 10.0 Å². The fourth-order valence-corrected chi connectivity index (χ4v) is 3.27. The number of carbonyl (C=O) groups is 2. The number of carboxylic acids is 1. The maximum Gasteiger partial charge on any atom is 0.308 e. The molecule has 0 radical (unpaired) electrons. The Labute approximate surface area is 148 Å². The predicted octanol–water partition coefficient (Wildman–Crippen LogP) is 3.12. The molecule has 1 N–H and O–H groups in total. The van der Waals surface area contributed by atoms with Crippen LogP contribution in [0.4, 0.5) is 0 Å². The molecule has 1 aromatic carbocycles. The van der Waals surface area contributed by atoms with Crippen LogP contribution < -0.4 is 0 Å². The molecule has 0 saturated carbocycles. The third-order valence-corrected chi connectivity index (χ3v) is 4.58. The van der Waals surface area contributed by atoms with Gasteiger partial charge in [-0.3, -0.25) is 9.59 Å². The number of aliphatic carboxylic acids is 1. The van der Waals surface area contributed by atoms with Gasteiger partial charge in [0.1, 0.15) is 0 Å². The molecule has 6 nitrogen and oxygen atoms in total. The Kier molecular flexibility index (Phi) is 4.78. The van der Waals surface area contributed by atoms with E-state index in [0.717, 1.165) is 0 Å². The molecule has 0 aliphatic carbocycles. The molecular formula is C16H15Cl2N3O3. The largest absolute Gasteiger partial charge is 0.481 e. The van der Waals surface area contributed by atoms with E-state index in [9.17, 15) is 9.59 Å². The summed E-state index contributed by atoms with van der Waals surface area (Å²) in [5.41, 5.74) is 1.01. The van der Waals surface area contributed by atoms with Crippen LogP contribution in [0.1, 0.15) is 23.2 Å². The minimum absolute atomic E-state index is 0.223. The number of rotatable bonds is 3. The Morgan fingerprint density at radius 1 is 1.29 bits per heavy atom. The molecule has 2 aromatic rings. The van der Waals surface area contributed by atoms with E-state index >= 15 is 0 Å². The van der Waals surface area contributed by atoms with Crippen molar-refractivity contribution >= 4 is 35.1 Å². The zero-order valence-electron chi connectivity index (χ0n) is 12.7. The Morgan fingerprint density at radius 2 is 2.08 bits per heavy atom. The summed E-state index contributed by atoms with van der Waals surface area (Å²) in [7, 11) is 0. The molecular weight excluding hydrogens is 353 g/mol. The minimum Gasteiger partial charge on any atom is -0.481 e. The van der Waals surface area contributed by atoms with Crippen LogP contribution in [-0.4, -0.2) is 44.8 Å². The van der Waals surface area contributed by atoms with Gasteiger partial charge in [-0.05, 0) is 31.0 Å². The lowest BCUT2D eigenvalue weighted by atomic mass is 9.98. The van der Waals surface area contributed by atoms with Crippen molar-refractivity contribution in [1.82, 2.24) is 14.7 Å². The molecule has 24 heavy (non-hydrogen) atoms. The smallest absolute Gasteiger partial charge is 0.308 e. The number of piperidine rings is 1. The van der Waals surface area contributed by atoms with Crippen molar-refractivity contribution in [3.05, 3.63) is 46.2 Å². The van der Waals surface area contributed by atoms with Crippen molar-refractivity contribution in [3.63, 3.8) is 0 Å². The minimum atomic E-state index is -0.865. The first-order valence-corrected chi connectivity index (χ1v) is 8.23. The second kappa shape index (κ2) is 6.83. The summed E-state index contributed by atoms with van der Waals surface area (Å²) in [6, 6.07) is 5.00. The third kappa shape index (κ3) is 3.39. The van der Waals surface area contributed by atoms with E-state index in [-0.39, 0.29) is 12.5 Å². The summed E-state index contributed by atoms with van der Waals surface area (Å²) in [6.45, 7) is 0.774. The highest BCUT2D eigenvalue weighted by atomic mass is 35.5. The number of likely N-dealkylation sites (tertiary alicyclic amines) is 1. The van der Waals surface area contributed by atoms with E-state index in [2.05, 4.69) is 5.10 Å². The number of benzene rings is 1. The fourth-order valence-electron chi connectivity index (χ4n) is 2.78. The lowest BCUT2D eigenvalue weighted by Crippen LogP contribution is -2.42. The number of carbonyl (C=O) groups excluding carboxylic acids is 1. The molecule has 0 spiro atoms. The van der Waals surface area contributed by atoms with Gasteiger partial charge in [0, 0.05) is 24.3 Å². The van der Waals surface area contributed by atoms with Crippen LogP contribution in [0, 0.1) is 5.92 Å². The number of hydrogen-bond donors (Lipinski definition) is 1. The van der Waals surface area contributed by atoms with Crippen LogP contribution in [0.15, 0.2) is 30.6 Å². The van der Waals surface area contributed by atoms with E-state index < -0.39 is 11.9 Å². The number of amides is 1. The van der Waals surface area contributed by atoms with E-state index in [1.807, 2.05) is 0 Å². The van der Waals surface area contributed by atoms with Crippen molar-refractivity contribution in [2.45, 2.75) is 12.8 Å². The molecule has 126 valence electrons. The van der Waals surface area contributed by atoms with Crippen LogP contribution in [-0.2, 0) is 4.79 Å². The summed E-state index contributed by atoms with van der Waals surface area (Å²) in [4.78, 5) is 25.3. The second-order valence-corrected chi connectivity index (χ2v) is 6.54. The second-order valence-electron chi connectivity index (χ2n) is 5.70. The van der Waals surface area contributed by atoms with Crippen molar-refractivity contribution in [2.24, 2.45) is 5.92 Å². The number of aromatic nitrogens is 2. The van der Waals surface area contributed by atoms with Gasteiger partial charge in [-0.1, -0.05) is 23.2 Å². The van der Waals surface area contributed by atoms with Crippen molar-refractivity contribution in [1.29, 1.82) is 0 Å². The topological polar surface area (TPSA) is 75.4 Å². The van der Waals surface area contributed by atoms with Crippen LogP contribution in [0.2, 0.25) is 10.0 Å². The molecule has 1 aliphatic heterocycles. The Bertz CT molecular complexity index is 791. The summed E-state index contributed by atoms with van der Waals surface area (Å²) in [6.07, 6.45) is 4.32. The number of nitrogens with zero attached hydrogens (tertiary/aromatic N) is 3. The van der Waals surface area contributed by atoms with Gasteiger partial charge in [0.15, 0.2) is 0 Å². The van der Waals surface area contributed by atoms with E-state index in [0.29, 0.717) is 40.7 Å². The van der Waals surface area contributed by atoms with Crippen molar-refractivity contribution in [2.75, 3.05) is 13.1 Å². The van der Waals surface area contributed by atoms with E-state index in [1.165, 1.54) is 10.9 Å². The number of hydrogen-bond acceptors (Lipinski definition) is 3. The zero-order chi connectivity index (χ0) is 17.3. The Morgan fingerprint density at radius 3 is 2.79 bits per heavy atom. The molecule has 0 unspecified atom stereocenters. The molecule has 8 heteroatoms. The van der Waals surface area contributed by atoms with Gasteiger partial charge in [0.2, 0.25) is 0 Å². The van der Waals surface area contributed by atoms with Crippen molar-refractivity contribution in [3.8, 4) is 5.69 Å². The highest BCUT2D eigenvalue weighted by Gasteiger charge is 2.29. The van der Waals surface area contributed by atoms with Gasteiger partial charge in [-0.2, -0.15) is 5.10 Å². The summed E-state index contributed by atoms with van der Waals surface area (Å²) < 4.78 is 1.50. The first kappa shape index (κ1) is 16.8. The molecule has 1 amide bonds. The van der Waals surface area contributed by atoms with Gasteiger partial charge >= 0.3 is 5.97 Å². The lowest BCUT2D eigenvalue weighted by molar-refractivity contribution is -0.143. The molecule has 1 atom stereocenters. The Hall–Kier alpha value is -2.05. The third-order valence-electron chi connectivity index (χ3n) is 4.04. The average molecular weight is 368 g/mol. The average Bonchev–Trinajstić information content (AvgIpc) is 3.04. The zero-order valence-corrected chi connectivity index (χ0v) is 14.2. The maximum atomic E-state index is 12.6. The summed E-state index contributed by atoms with van der Waals surface area (Å²) in [5.74, 6) is -1.60. The van der Waals surface area contributed by atoms with Gasteiger partial charge in [0.05, 0.1) is 28.4 Å². The van der Waals surface area contributed by atoms with Crippen LogP contribution >= 0.6 is 23.2 Å². The predicted molar refractivity (Wildman–Crippen MR) is 89.8 cm³/mol. The molecule has 1 aromatic heterocycles. The monoisotopic (exact) mass is 367 g/mol. The Balaban J connectivity index is 1.80. The quantitative estimate of drug-likeness (QED) is 0.903. The molecule has 3 rings (SSSR count). The summed E-state index contributed by atoms with van der Waals surface area (Å²) in [5, 5.41) is 14.2. The van der Waals surface area contributed by atoms with Crippen LogP contribution in [0.25, 0.3) is 5.69 Å². The highest BCUT2D eigenvalue weighted by Crippen LogP contribution is 2.25. The maximum absolute atomic E-state index is 12.6. The van der Waals surface area contributed by atoms with Crippen molar-refractivity contribution < 1.29 is 14.7 Å². The standard InChI is InChI=1S/C16H15Cl2N3O3/c17-12-3-4-14(13(18)6-12)21-9-11(7-19-21)15(22)20-5-1-2-10(8-20)16(23)24/h3-4,6-7,9-10H,1-2,5,8H2,(H,23,24)/t10-/m0/s1. The first-order valence-electron chi connectivity index (χ1n) is 7.48. The summed E-state index contributed by atoms with van der Waals surface area (Å²) >= 11 is 12.0. The molecule has 0 bridgehead atoms. The fraction of sp³-hybridized carbons (Fsp3) is 0.312. The first-order chi connectivity index (χ1) is 11.5. The van der Waals surface area contributed by atoms with Gasteiger partial charge in [0.25, 0.3) is 5.91 Å². The van der Waals surface area contributed by atoms with Gasteiger partial charge in [-0.15, -0.1) is 0 Å². The lowest BCUT2D eigenvalue weighted by Gasteiger charge is -2.30. The number of halogens is 2. The highest BCUT2D eigenvalue weighted by molar-refractivity contribution is 6.35. The molecule has 1 saturated heterocycles. The van der Waals surface area contributed by atoms with E-state index in [1.54, 1.807) is 29.3 Å². The normalized spacial score (nSPS) is 17.8. The van der Waals surface area contributed by atoms with Crippen LogP contribution in [0.3, 0.4) is 0 Å². The molecule has 1 fully saturated rings.